The van der Waals surface area contributed by atoms with Gasteiger partial charge in [-0.15, -0.1) is 0 Å². The van der Waals surface area contributed by atoms with Gasteiger partial charge >= 0.3 is 0 Å². The van der Waals surface area contributed by atoms with Crippen molar-refractivity contribution in [3.05, 3.63) is 65.7 Å². The number of sulfonamides is 1. The second kappa shape index (κ2) is 7.27. The summed E-state index contributed by atoms with van der Waals surface area (Å²) in [7, 11) is -3.53. The van der Waals surface area contributed by atoms with E-state index in [1.54, 1.807) is 29.2 Å². The lowest BCUT2D eigenvalue weighted by atomic mass is 10.1. The van der Waals surface area contributed by atoms with E-state index in [4.69, 9.17) is 0 Å². The molecule has 0 N–H and O–H groups in total. The third kappa shape index (κ3) is 4.02. The summed E-state index contributed by atoms with van der Waals surface area (Å²) < 4.78 is 26.2. The first-order valence-corrected chi connectivity index (χ1v) is 10.2. The molecule has 0 aromatic heterocycles. The molecule has 5 nitrogen and oxygen atoms in total. The van der Waals surface area contributed by atoms with E-state index in [-0.39, 0.29) is 12.5 Å². The molecule has 2 aromatic carbocycles. The molecule has 1 fully saturated rings. The molecule has 1 amide bonds. The van der Waals surface area contributed by atoms with Crippen molar-refractivity contribution in [2.24, 2.45) is 0 Å². The number of para-hydroxylation sites is 1. The van der Waals surface area contributed by atoms with Gasteiger partial charge in [0.25, 0.3) is 5.91 Å². The highest BCUT2D eigenvalue weighted by molar-refractivity contribution is 7.92. The summed E-state index contributed by atoms with van der Waals surface area (Å²) in [6, 6.07) is 16.3. The number of hydrogen-bond donors (Lipinski definition) is 0. The van der Waals surface area contributed by atoms with Gasteiger partial charge in [0.2, 0.25) is 10.0 Å². The van der Waals surface area contributed by atoms with Crippen LogP contribution in [0.2, 0.25) is 0 Å². The van der Waals surface area contributed by atoms with Crippen molar-refractivity contribution in [3.63, 3.8) is 0 Å². The Hall–Kier alpha value is -2.34. The lowest BCUT2D eigenvalue weighted by Gasteiger charge is -2.26. The predicted octanol–water partition coefficient (Wildman–Crippen LogP) is 2.89. The Balaban J connectivity index is 2.00. The van der Waals surface area contributed by atoms with Gasteiger partial charge < -0.3 is 4.90 Å². The quantitative estimate of drug-likeness (QED) is 0.826. The van der Waals surface area contributed by atoms with Crippen LogP contribution in [0.1, 0.15) is 28.8 Å². The Morgan fingerprint density at radius 2 is 1.60 bits per heavy atom. The number of anilines is 1. The van der Waals surface area contributed by atoms with Crippen LogP contribution in [-0.4, -0.2) is 38.6 Å². The summed E-state index contributed by atoms with van der Waals surface area (Å²) in [5.41, 5.74) is 1.74. The molecule has 2 aromatic rings. The number of nitrogens with zero attached hydrogens (tertiary/aromatic N) is 2. The largest absolute Gasteiger partial charge is 0.339 e. The molecule has 1 aliphatic heterocycles. The fourth-order valence-electron chi connectivity index (χ4n) is 3.09. The van der Waals surface area contributed by atoms with Crippen LogP contribution in [0.5, 0.6) is 0 Å². The van der Waals surface area contributed by atoms with Crippen molar-refractivity contribution in [1.29, 1.82) is 0 Å². The SMILES string of the molecule is CS(=O)(=O)N(Cc1ccccc1)c1ccccc1C(=O)N1CCCC1. The average molecular weight is 358 g/mol. The van der Waals surface area contributed by atoms with Gasteiger partial charge in [-0.25, -0.2) is 8.42 Å². The van der Waals surface area contributed by atoms with E-state index in [9.17, 15) is 13.2 Å². The summed E-state index contributed by atoms with van der Waals surface area (Å²) >= 11 is 0. The zero-order valence-corrected chi connectivity index (χ0v) is 15.1. The molecule has 3 rings (SSSR count). The highest BCUT2D eigenvalue weighted by Crippen LogP contribution is 2.27. The van der Waals surface area contributed by atoms with E-state index >= 15 is 0 Å². The van der Waals surface area contributed by atoms with Crippen LogP contribution in [0.15, 0.2) is 54.6 Å². The second-order valence-corrected chi connectivity index (χ2v) is 8.18. The molecule has 132 valence electrons. The number of benzene rings is 2. The standard InChI is InChI=1S/C19H22N2O3S/c1-25(23,24)21(15-16-9-3-2-4-10-16)18-12-6-5-11-17(18)19(22)20-13-7-8-14-20/h2-6,9-12H,7-8,13-15H2,1H3. The molecular formula is C19H22N2O3S. The Labute approximate surface area is 148 Å². The fraction of sp³-hybridized carbons (Fsp3) is 0.316. The van der Waals surface area contributed by atoms with Gasteiger partial charge in [0.05, 0.1) is 24.1 Å². The molecule has 0 radical (unpaired) electrons. The van der Waals surface area contributed by atoms with Gasteiger partial charge in [0, 0.05) is 13.1 Å². The van der Waals surface area contributed by atoms with E-state index in [0.717, 1.165) is 31.5 Å². The van der Waals surface area contributed by atoms with E-state index in [1.807, 2.05) is 30.3 Å². The first-order chi connectivity index (χ1) is 12.0. The van der Waals surface area contributed by atoms with Crippen molar-refractivity contribution in [3.8, 4) is 0 Å². The number of amides is 1. The maximum atomic E-state index is 12.9. The van der Waals surface area contributed by atoms with Crippen molar-refractivity contribution in [2.45, 2.75) is 19.4 Å². The first kappa shape index (κ1) is 17.5. The highest BCUT2D eigenvalue weighted by Gasteiger charge is 2.27. The number of rotatable bonds is 5. The van der Waals surface area contributed by atoms with E-state index in [1.165, 1.54) is 10.6 Å². The van der Waals surface area contributed by atoms with Crippen LogP contribution in [0.25, 0.3) is 0 Å². The molecular weight excluding hydrogens is 336 g/mol. The number of likely N-dealkylation sites (tertiary alicyclic amines) is 1. The van der Waals surface area contributed by atoms with Crippen LogP contribution >= 0.6 is 0 Å². The molecule has 0 saturated carbocycles. The number of carbonyl (C=O) groups is 1. The monoisotopic (exact) mass is 358 g/mol. The first-order valence-electron chi connectivity index (χ1n) is 8.37. The smallest absolute Gasteiger partial charge is 0.255 e. The molecule has 0 spiro atoms. The van der Waals surface area contributed by atoms with Crippen molar-refractivity contribution < 1.29 is 13.2 Å². The Morgan fingerprint density at radius 3 is 2.24 bits per heavy atom. The molecule has 1 aliphatic rings. The van der Waals surface area contributed by atoms with Crippen LogP contribution in [0.3, 0.4) is 0 Å². The normalized spacial score (nSPS) is 14.5. The minimum Gasteiger partial charge on any atom is -0.339 e. The summed E-state index contributed by atoms with van der Waals surface area (Å²) in [5.74, 6) is -0.102. The topological polar surface area (TPSA) is 57.7 Å². The van der Waals surface area contributed by atoms with Crippen molar-refractivity contribution in [1.82, 2.24) is 4.90 Å². The third-order valence-corrected chi connectivity index (χ3v) is 5.49. The lowest BCUT2D eigenvalue weighted by Crippen LogP contribution is -2.33. The molecule has 0 atom stereocenters. The van der Waals surface area contributed by atoms with Gasteiger partial charge in [0.15, 0.2) is 0 Å². The maximum Gasteiger partial charge on any atom is 0.255 e. The minimum absolute atomic E-state index is 0.102. The van der Waals surface area contributed by atoms with Crippen molar-refractivity contribution >= 4 is 21.6 Å². The lowest BCUT2D eigenvalue weighted by molar-refractivity contribution is 0.0793. The Kier molecular flexibility index (Phi) is 5.08. The fourth-order valence-corrected chi connectivity index (χ4v) is 3.99. The van der Waals surface area contributed by atoms with Crippen LogP contribution in [0, 0.1) is 0 Å². The molecule has 1 saturated heterocycles. The average Bonchev–Trinajstić information content (AvgIpc) is 3.14. The maximum absolute atomic E-state index is 12.9. The zero-order chi connectivity index (χ0) is 17.9. The van der Waals surface area contributed by atoms with Crippen LogP contribution in [0.4, 0.5) is 5.69 Å². The number of hydrogen-bond acceptors (Lipinski definition) is 3. The van der Waals surface area contributed by atoms with Gasteiger partial charge in [-0.2, -0.15) is 0 Å². The van der Waals surface area contributed by atoms with Gasteiger partial charge in [0.1, 0.15) is 0 Å². The molecule has 0 unspecified atom stereocenters. The molecule has 0 aliphatic carbocycles. The summed E-state index contributed by atoms with van der Waals surface area (Å²) in [6.45, 7) is 1.65. The second-order valence-electron chi connectivity index (χ2n) is 6.27. The molecule has 25 heavy (non-hydrogen) atoms. The van der Waals surface area contributed by atoms with E-state index in [0.29, 0.717) is 11.3 Å². The molecule has 1 heterocycles. The minimum atomic E-state index is -3.53. The highest BCUT2D eigenvalue weighted by atomic mass is 32.2. The summed E-state index contributed by atoms with van der Waals surface area (Å²) in [4.78, 5) is 14.6. The summed E-state index contributed by atoms with van der Waals surface area (Å²) in [6.07, 6.45) is 3.16. The Morgan fingerprint density at radius 1 is 1.00 bits per heavy atom. The summed E-state index contributed by atoms with van der Waals surface area (Å²) in [5, 5.41) is 0. The van der Waals surface area contributed by atoms with Gasteiger partial charge in [-0.3, -0.25) is 9.10 Å². The third-order valence-electron chi connectivity index (χ3n) is 4.37. The van der Waals surface area contributed by atoms with E-state index in [2.05, 4.69) is 0 Å². The predicted molar refractivity (Wildman–Crippen MR) is 99.0 cm³/mol. The van der Waals surface area contributed by atoms with Crippen LogP contribution < -0.4 is 4.31 Å². The van der Waals surface area contributed by atoms with Crippen molar-refractivity contribution in [2.75, 3.05) is 23.7 Å². The van der Waals surface area contributed by atoms with Crippen LogP contribution in [-0.2, 0) is 16.6 Å². The van der Waals surface area contributed by atoms with Gasteiger partial charge in [-0.1, -0.05) is 42.5 Å². The van der Waals surface area contributed by atoms with E-state index < -0.39 is 10.0 Å². The Bertz CT molecular complexity index is 844. The molecule has 0 bridgehead atoms. The van der Waals surface area contributed by atoms with Gasteiger partial charge in [-0.05, 0) is 30.5 Å². The zero-order valence-electron chi connectivity index (χ0n) is 14.3. The number of carbonyl (C=O) groups excluding carboxylic acids is 1. The molecule has 6 heteroatoms.